The number of nitrogens with two attached hydrogens (primary N) is 1. The lowest BCUT2D eigenvalue weighted by Gasteiger charge is -2.22. The number of aryl methyl sites for hydroxylation is 2. The van der Waals surface area contributed by atoms with Crippen LogP contribution in [-0.2, 0) is 30.6 Å². The molecule has 0 unspecified atom stereocenters. The van der Waals surface area contributed by atoms with Crippen LogP contribution in [0, 0.1) is 17.5 Å². The topological polar surface area (TPSA) is 103 Å². The number of carbonyl (C=O) groups is 2. The van der Waals surface area contributed by atoms with Gasteiger partial charge in [0.05, 0.1) is 34.8 Å². The van der Waals surface area contributed by atoms with Gasteiger partial charge in [-0.2, -0.15) is 0 Å². The molecular weight excluding hydrogens is 543 g/mol. The molecule has 0 bridgehead atoms. The van der Waals surface area contributed by atoms with Gasteiger partial charge in [0.2, 0.25) is 5.91 Å². The molecule has 0 saturated carbocycles. The van der Waals surface area contributed by atoms with E-state index in [0.29, 0.717) is 28.2 Å². The molecule has 2 aromatic heterocycles. The predicted molar refractivity (Wildman–Crippen MR) is 151 cm³/mol. The lowest BCUT2D eigenvalue weighted by atomic mass is 9.94. The predicted octanol–water partition coefficient (Wildman–Crippen LogP) is 5.20. The maximum atomic E-state index is 14.3. The molecule has 2 amide bonds. The molecule has 212 valence electrons. The van der Waals surface area contributed by atoms with Crippen molar-refractivity contribution >= 4 is 22.8 Å². The summed E-state index contributed by atoms with van der Waals surface area (Å²) in [6.07, 6.45) is 3.40. The fraction of sp³-hybridized carbons (Fsp3) is 0.188. The highest BCUT2D eigenvalue weighted by Gasteiger charge is 2.25. The number of hydrogen-bond acceptors (Lipinski definition) is 4. The summed E-state index contributed by atoms with van der Waals surface area (Å²) in [7, 11) is 0. The molecular formula is C32H26F3N5O2. The molecule has 1 aliphatic heterocycles. The fourth-order valence-electron chi connectivity index (χ4n) is 5.70. The number of benzene rings is 3. The molecule has 0 spiro atoms. The summed E-state index contributed by atoms with van der Waals surface area (Å²) in [6, 6.07) is 15.6. The Morgan fingerprint density at radius 3 is 2.60 bits per heavy atom. The van der Waals surface area contributed by atoms with Gasteiger partial charge in [-0.05, 0) is 72.4 Å². The van der Waals surface area contributed by atoms with Gasteiger partial charge in [-0.25, -0.2) is 18.2 Å². The van der Waals surface area contributed by atoms with Crippen molar-refractivity contribution in [1.82, 2.24) is 19.9 Å². The van der Waals surface area contributed by atoms with Crippen LogP contribution in [0.5, 0.6) is 0 Å². The number of nitrogens with zero attached hydrogens (tertiary/aromatic N) is 3. The molecule has 42 heavy (non-hydrogen) atoms. The van der Waals surface area contributed by atoms with Crippen LogP contribution in [0.15, 0.2) is 72.9 Å². The molecule has 7 nitrogen and oxygen atoms in total. The van der Waals surface area contributed by atoms with Gasteiger partial charge < -0.3 is 15.6 Å². The number of halogens is 3. The molecule has 6 rings (SSSR count). The second-order valence-electron chi connectivity index (χ2n) is 10.3. The third-order valence-electron chi connectivity index (χ3n) is 7.48. The van der Waals surface area contributed by atoms with Gasteiger partial charge in [0.15, 0.2) is 0 Å². The lowest BCUT2D eigenvalue weighted by Crippen LogP contribution is -2.33. The highest BCUT2D eigenvalue weighted by Crippen LogP contribution is 2.31. The molecule has 0 radical (unpaired) electrons. The van der Waals surface area contributed by atoms with Gasteiger partial charge in [0, 0.05) is 24.4 Å². The summed E-state index contributed by atoms with van der Waals surface area (Å²) in [5.41, 5.74) is 9.73. The molecule has 0 saturated heterocycles. The first kappa shape index (κ1) is 27.2. The van der Waals surface area contributed by atoms with Gasteiger partial charge in [0.25, 0.3) is 5.91 Å². The van der Waals surface area contributed by atoms with Crippen molar-refractivity contribution in [3.8, 4) is 11.1 Å². The minimum Gasteiger partial charge on any atom is -0.366 e. The summed E-state index contributed by atoms with van der Waals surface area (Å²) in [6.45, 7) is 0.749. The Morgan fingerprint density at radius 2 is 1.81 bits per heavy atom. The van der Waals surface area contributed by atoms with E-state index in [2.05, 4.69) is 20.9 Å². The smallest absolute Gasteiger partial charge is 0.251 e. The second-order valence-corrected chi connectivity index (χ2v) is 10.3. The van der Waals surface area contributed by atoms with E-state index in [0.717, 1.165) is 42.6 Å². The summed E-state index contributed by atoms with van der Waals surface area (Å²) in [5.74, 6) is -2.94. The Kier molecular flexibility index (Phi) is 7.20. The summed E-state index contributed by atoms with van der Waals surface area (Å²) in [5, 5.41) is 2.99. The van der Waals surface area contributed by atoms with E-state index in [1.165, 1.54) is 36.0 Å². The van der Waals surface area contributed by atoms with E-state index < -0.39 is 29.4 Å². The number of para-hydroxylation sites is 1. The fourth-order valence-corrected chi connectivity index (χ4v) is 5.70. The van der Waals surface area contributed by atoms with Gasteiger partial charge in [-0.1, -0.05) is 24.3 Å². The molecule has 3 aromatic carbocycles. The Labute approximate surface area is 239 Å². The third-order valence-corrected chi connectivity index (χ3v) is 7.48. The maximum Gasteiger partial charge on any atom is 0.251 e. The Balaban J connectivity index is 1.37. The zero-order chi connectivity index (χ0) is 29.4. The largest absolute Gasteiger partial charge is 0.366 e. The van der Waals surface area contributed by atoms with E-state index in [1.807, 2.05) is 12.1 Å². The number of hydrogen-bond donors (Lipinski definition) is 2. The number of nitrogens with one attached hydrogen (secondary N) is 1. The van der Waals surface area contributed by atoms with Crippen LogP contribution in [0.1, 0.15) is 45.5 Å². The Bertz CT molecular complexity index is 1830. The number of carbonyl (C=O) groups excluding carboxylic acids is 2. The zero-order valence-corrected chi connectivity index (χ0v) is 22.4. The van der Waals surface area contributed by atoms with E-state index in [4.69, 9.17) is 10.7 Å². The summed E-state index contributed by atoms with van der Waals surface area (Å²) < 4.78 is 44.6. The highest BCUT2D eigenvalue weighted by atomic mass is 19.1. The van der Waals surface area contributed by atoms with Gasteiger partial charge in [-0.15, -0.1) is 0 Å². The van der Waals surface area contributed by atoms with E-state index in [9.17, 15) is 22.8 Å². The number of imidazole rings is 1. The quantitative estimate of drug-likeness (QED) is 0.268. The zero-order valence-electron chi connectivity index (χ0n) is 22.4. The first-order valence-corrected chi connectivity index (χ1v) is 13.5. The molecule has 5 aromatic rings. The minimum absolute atomic E-state index is 0.00880. The number of pyridine rings is 1. The third kappa shape index (κ3) is 5.35. The van der Waals surface area contributed by atoms with Crippen molar-refractivity contribution in [1.29, 1.82) is 0 Å². The van der Waals surface area contributed by atoms with Crippen molar-refractivity contribution in [2.75, 3.05) is 0 Å². The maximum absolute atomic E-state index is 14.3. The molecule has 10 heteroatoms. The first-order valence-electron chi connectivity index (χ1n) is 13.5. The first-order chi connectivity index (χ1) is 20.3. The Hall–Kier alpha value is -4.99. The average molecular weight is 570 g/mol. The van der Waals surface area contributed by atoms with Crippen LogP contribution in [0.4, 0.5) is 13.2 Å². The molecule has 3 heterocycles. The van der Waals surface area contributed by atoms with Crippen molar-refractivity contribution in [2.24, 2.45) is 5.73 Å². The van der Waals surface area contributed by atoms with Crippen LogP contribution in [0.3, 0.4) is 0 Å². The molecule has 0 fully saturated rings. The van der Waals surface area contributed by atoms with E-state index >= 15 is 0 Å². The van der Waals surface area contributed by atoms with Crippen LogP contribution in [0.2, 0.25) is 0 Å². The van der Waals surface area contributed by atoms with Crippen LogP contribution in [-0.4, -0.2) is 26.3 Å². The van der Waals surface area contributed by atoms with Crippen LogP contribution >= 0.6 is 0 Å². The number of primary amides is 1. The van der Waals surface area contributed by atoms with Gasteiger partial charge >= 0.3 is 0 Å². The number of aromatic nitrogens is 3. The van der Waals surface area contributed by atoms with Gasteiger partial charge in [0.1, 0.15) is 23.3 Å². The lowest BCUT2D eigenvalue weighted by molar-refractivity contribution is -0.121. The van der Waals surface area contributed by atoms with Crippen molar-refractivity contribution in [3.05, 3.63) is 119 Å². The molecule has 3 N–H and O–H groups in total. The molecule has 1 atom stereocenters. The van der Waals surface area contributed by atoms with Crippen molar-refractivity contribution < 1.29 is 22.8 Å². The monoisotopic (exact) mass is 569 g/mol. The van der Waals surface area contributed by atoms with Crippen LogP contribution < -0.4 is 11.1 Å². The normalized spacial score (nSPS) is 13.2. The molecule has 0 aliphatic carbocycles. The number of amides is 2. The minimum atomic E-state index is -0.931. The second kappa shape index (κ2) is 11.1. The van der Waals surface area contributed by atoms with Gasteiger partial charge in [-0.3, -0.25) is 14.6 Å². The Morgan fingerprint density at radius 1 is 1.00 bits per heavy atom. The van der Waals surface area contributed by atoms with E-state index in [1.54, 1.807) is 12.1 Å². The average Bonchev–Trinajstić information content (AvgIpc) is 3.31. The standard InChI is InChI=1S/C32H26F3N5O2/c33-21-12-18(13-22(34)16-21)14-27(30-23(6-2-10-37-30)20-8-9-25(35)24(15-20)32(36)42)39-29(41)17-28-38-26-7-1-4-19-5-3-11-40(28)31(19)26/h1-2,4,6-10,12-13,15-16,27H,3,5,11,14,17H2,(H2,36,42)(H,39,41)/t27-/m0/s1. The molecule has 1 aliphatic rings. The van der Waals surface area contributed by atoms with E-state index in [-0.39, 0.29) is 24.3 Å². The summed E-state index contributed by atoms with van der Waals surface area (Å²) in [4.78, 5) is 34.6. The number of rotatable bonds is 8. The SMILES string of the molecule is NC(=O)c1cc(-c2cccnc2[C@H](Cc2cc(F)cc(F)c2)NC(=O)Cc2nc3cccc4c3n2CCC4)ccc1F. The van der Waals surface area contributed by atoms with Crippen molar-refractivity contribution in [3.63, 3.8) is 0 Å². The van der Waals surface area contributed by atoms with Crippen LogP contribution in [0.25, 0.3) is 22.2 Å². The summed E-state index contributed by atoms with van der Waals surface area (Å²) >= 11 is 0. The highest BCUT2D eigenvalue weighted by molar-refractivity contribution is 5.94. The van der Waals surface area contributed by atoms with Crippen molar-refractivity contribution in [2.45, 2.75) is 38.3 Å².